The molecule has 7 heteroatoms. The molecule has 1 aromatic heterocycles. The molecule has 19 heavy (non-hydrogen) atoms. The number of oxazole rings is 1. The second-order valence-electron chi connectivity index (χ2n) is 4.91. The Hall–Kier alpha value is -1.60. The number of carbonyl (C=O) groups is 1. The van der Waals surface area contributed by atoms with Crippen LogP contribution in [-0.2, 0) is 0 Å². The number of carbonyl (C=O) groups excluding carboxylic acids is 1. The van der Waals surface area contributed by atoms with Crippen LogP contribution in [0.3, 0.4) is 0 Å². The topological polar surface area (TPSA) is 72.8 Å². The number of piperazine rings is 1. The van der Waals surface area contributed by atoms with Crippen molar-refractivity contribution in [2.24, 2.45) is 0 Å². The summed E-state index contributed by atoms with van der Waals surface area (Å²) in [5.41, 5.74) is 0. The molecule has 0 aromatic carbocycles. The summed E-state index contributed by atoms with van der Waals surface area (Å²) < 4.78 is 4.75. The van der Waals surface area contributed by atoms with Crippen molar-refractivity contribution in [3.8, 4) is 0 Å². The minimum Gasteiger partial charge on any atom is -0.403 e. The van der Waals surface area contributed by atoms with Crippen molar-refractivity contribution in [3.05, 3.63) is 22.5 Å². The zero-order chi connectivity index (χ0) is 13.8. The molecule has 1 N–H and O–H groups in total. The van der Waals surface area contributed by atoms with E-state index in [4.69, 9.17) is 4.42 Å². The summed E-state index contributed by atoms with van der Waals surface area (Å²) in [5, 5.41) is 0. The monoisotopic (exact) mass is 268 g/mol. The smallest absolute Gasteiger partial charge is 0.403 e. The van der Waals surface area contributed by atoms with Crippen LogP contribution >= 0.6 is 0 Å². The minimum atomic E-state index is -0.601. The zero-order valence-corrected chi connectivity index (χ0v) is 11.4. The van der Waals surface area contributed by atoms with Crippen molar-refractivity contribution in [2.45, 2.75) is 0 Å². The van der Waals surface area contributed by atoms with Gasteiger partial charge >= 0.3 is 5.76 Å². The molecule has 0 radical (unpaired) electrons. The number of aromatic nitrogens is 1. The molecule has 0 atom stereocenters. The molecule has 106 valence electrons. The molecule has 1 fully saturated rings. The van der Waals surface area contributed by atoms with E-state index in [-0.39, 0.29) is 11.7 Å². The number of aromatic amines is 1. The molecule has 0 spiro atoms. The van der Waals surface area contributed by atoms with Gasteiger partial charge in [0.1, 0.15) is 0 Å². The average molecular weight is 268 g/mol. The Balaban J connectivity index is 1.79. The van der Waals surface area contributed by atoms with Gasteiger partial charge in [0, 0.05) is 46.3 Å². The average Bonchev–Trinajstić information content (AvgIpc) is 2.83. The third kappa shape index (κ3) is 3.68. The quantitative estimate of drug-likeness (QED) is 0.781. The van der Waals surface area contributed by atoms with Gasteiger partial charge in [0.15, 0.2) is 0 Å². The van der Waals surface area contributed by atoms with E-state index in [2.05, 4.69) is 21.8 Å². The van der Waals surface area contributed by atoms with Gasteiger partial charge in [-0.1, -0.05) is 0 Å². The summed E-state index contributed by atoms with van der Waals surface area (Å²) in [6, 6.07) is 0. The lowest BCUT2D eigenvalue weighted by molar-refractivity contribution is 0.0727. The molecule has 2 heterocycles. The highest BCUT2D eigenvalue weighted by atomic mass is 16.4. The predicted molar refractivity (Wildman–Crippen MR) is 70.2 cm³/mol. The van der Waals surface area contributed by atoms with Gasteiger partial charge in [-0.3, -0.25) is 14.7 Å². The molecule has 1 aromatic rings. The van der Waals surface area contributed by atoms with E-state index in [1.807, 2.05) is 0 Å². The van der Waals surface area contributed by atoms with Gasteiger partial charge in [0.25, 0.3) is 5.91 Å². The number of hydrogen-bond acceptors (Lipinski definition) is 5. The first-order valence-corrected chi connectivity index (χ1v) is 6.41. The molecule has 0 saturated carbocycles. The SMILES string of the molecule is CN1CCN(CCN(C)C(=O)c2c[nH]c(=O)o2)CC1. The molecular weight excluding hydrogens is 248 g/mol. The lowest BCUT2D eigenvalue weighted by atomic mass is 10.3. The number of H-pyrrole nitrogens is 1. The van der Waals surface area contributed by atoms with Crippen LogP contribution in [0, 0.1) is 0 Å². The second-order valence-corrected chi connectivity index (χ2v) is 4.91. The molecule has 1 saturated heterocycles. The van der Waals surface area contributed by atoms with Crippen LogP contribution in [-0.4, -0.2) is 79.0 Å². The van der Waals surface area contributed by atoms with Gasteiger partial charge in [-0.2, -0.15) is 0 Å². The number of amides is 1. The second kappa shape index (κ2) is 6.03. The van der Waals surface area contributed by atoms with Crippen LogP contribution < -0.4 is 5.76 Å². The summed E-state index contributed by atoms with van der Waals surface area (Å²) >= 11 is 0. The highest BCUT2D eigenvalue weighted by molar-refractivity contribution is 5.90. The standard InChI is InChI=1S/C12H20N4O3/c1-14-3-6-16(7-4-14)8-5-15(2)11(17)10-9-13-12(18)19-10/h9H,3-8H2,1-2H3,(H,13,18). The van der Waals surface area contributed by atoms with E-state index >= 15 is 0 Å². The molecule has 0 bridgehead atoms. The molecule has 0 unspecified atom stereocenters. The first kappa shape index (κ1) is 13.8. The van der Waals surface area contributed by atoms with Gasteiger partial charge in [0.2, 0.25) is 5.76 Å². The molecule has 1 amide bonds. The normalized spacial score (nSPS) is 17.6. The molecule has 1 aliphatic rings. The summed E-state index contributed by atoms with van der Waals surface area (Å²) in [6.45, 7) is 5.63. The number of rotatable bonds is 4. The Kier molecular flexibility index (Phi) is 4.39. The lowest BCUT2D eigenvalue weighted by Gasteiger charge is -2.33. The Morgan fingerprint density at radius 2 is 2.11 bits per heavy atom. The van der Waals surface area contributed by atoms with E-state index in [9.17, 15) is 9.59 Å². The third-order valence-electron chi connectivity index (χ3n) is 3.43. The van der Waals surface area contributed by atoms with Crippen molar-refractivity contribution < 1.29 is 9.21 Å². The van der Waals surface area contributed by atoms with Gasteiger partial charge in [-0.15, -0.1) is 0 Å². The predicted octanol–water partition coefficient (Wildman–Crippen LogP) is -0.713. The molecule has 2 rings (SSSR count). The summed E-state index contributed by atoms with van der Waals surface area (Å²) in [7, 11) is 3.83. The van der Waals surface area contributed by atoms with Crippen molar-refractivity contribution in [1.82, 2.24) is 19.7 Å². The number of hydrogen-bond donors (Lipinski definition) is 1. The van der Waals surface area contributed by atoms with Crippen LogP contribution in [0.5, 0.6) is 0 Å². The lowest BCUT2D eigenvalue weighted by Crippen LogP contribution is -2.47. The van der Waals surface area contributed by atoms with E-state index in [0.717, 1.165) is 32.7 Å². The van der Waals surface area contributed by atoms with Crippen molar-refractivity contribution in [1.29, 1.82) is 0 Å². The number of nitrogens with zero attached hydrogens (tertiary/aromatic N) is 3. The highest BCUT2D eigenvalue weighted by Gasteiger charge is 2.18. The van der Waals surface area contributed by atoms with Crippen LogP contribution in [0.1, 0.15) is 10.6 Å². The fourth-order valence-electron chi connectivity index (χ4n) is 2.04. The van der Waals surface area contributed by atoms with Crippen LogP contribution in [0.15, 0.2) is 15.4 Å². The first-order valence-electron chi connectivity index (χ1n) is 6.41. The molecular formula is C12H20N4O3. The highest BCUT2D eigenvalue weighted by Crippen LogP contribution is 2.02. The molecule has 1 aliphatic heterocycles. The van der Waals surface area contributed by atoms with Crippen LogP contribution in [0.25, 0.3) is 0 Å². The third-order valence-corrected chi connectivity index (χ3v) is 3.43. The maximum absolute atomic E-state index is 11.9. The first-order chi connectivity index (χ1) is 9.06. The fraction of sp³-hybridized carbons (Fsp3) is 0.667. The Labute approximate surface area is 111 Å². The fourth-order valence-corrected chi connectivity index (χ4v) is 2.04. The van der Waals surface area contributed by atoms with Crippen molar-refractivity contribution in [2.75, 3.05) is 53.4 Å². The summed E-state index contributed by atoms with van der Waals surface area (Å²) in [6.07, 6.45) is 1.30. The van der Waals surface area contributed by atoms with Crippen molar-refractivity contribution >= 4 is 5.91 Å². The summed E-state index contributed by atoms with van der Waals surface area (Å²) in [4.78, 5) is 31.3. The molecule has 0 aliphatic carbocycles. The Morgan fingerprint density at radius 3 is 2.68 bits per heavy atom. The maximum atomic E-state index is 11.9. The van der Waals surface area contributed by atoms with Gasteiger partial charge in [0.05, 0.1) is 6.20 Å². The Bertz CT molecular complexity index is 473. The number of likely N-dealkylation sites (N-methyl/N-ethyl adjacent to an activating group) is 2. The molecule has 7 nitrogen and oxygen atoms in total. The van der Waals surface area contributed by atoms with Crippen molar-refractivity contribution in [3.63, 3.8) is 0 Å². The van der Waals surface area contributed by atoms with E-state index < -0.39 is 5.76 Å². The minimum absolute atomic E-state index is 0.0610. The zero-order valence-electron chi connectivity index (χ0n) is 11.4. The van der Waals surface area contributed by atoms with E-state index in [0.29, 0.717) is 6.54 Å². The van der Waals surface area contributed by atoms with Crippen LogP contribution in [0.2, 0.25) is 0 Å². The van der Waals surface area contributed by atoms with Crippen LogP contribution in [0.4, 0.5) is 0 Å². The van der Waals surface area contributed by atoms with Gasteiger partial charge < -0.3 is 14.2 Å². The summed E-state index contributed by atoms with van der Waals surface area (Å²) in [5.74, 6) is -0.811. The van der Waals surface area contributed by atoms with E-state index in [1.165, 1.54) is 6.20 Å². The Morgan fingerprint density at radius 1 is 1.42 bits per heavy atom. The number of nitrogens with one attached hydrogen (secondary N) is 1. The van der Waals surface area contributed by atoms with Gasteiger partial charge in [-0.05, 0) is 7.05 Å². The van der Waals surface area contributed by atoms with Gasteiger partial charge in [-0.25, -0.2) is 4.79 Å². The maximum Gasteiger partial charge on any atom is 0.416 e. The van der Waals surface area contributed by atoms with E-state index in [1.54, 1.807) is 11.9 Å². The largest absolute Gasteiger partial charge is 0.416 e.